The Morgan fingerprint density at radius 1 is 1.50 bits per heavy atom. The molecule has 0 spiro atoms. The van der Waals surface area contributed by atoms with E-state index in [2.05, 4.69) is 27.9 Å². The summed E-state index contributed by atoms with van der Waals surface area (Å²) >= 11 is 2.16. The molecule has 0 aromatic carbocycles. The highest BCUT2D eigenvalue weighted by Crippen LogP contribution is 2.13. The van der Waals surface area contributed by atoms with E-state index in [4.69, 9.17) is 0 Å². The molecule has 64 valence electrons. The minimum Gasteiger partial charge on any atom is -0.371 e. The fourth-order valence-corrected chi connectivity index (χ4v) is 1.96. The van der Waals surface area contributed by atoms with E-state index in [0.29, 0.717) is 0 Å². The maximum atomic E-state index is 11.4. The highest BCUT2D eigenvalue weighted by molar-refractivity contribution is 14.1. The lowest BCUT2D eigenvalue weighted by Gasteiger charge is -2.19. The second kappa shape index (κ2) is 3.08. The lowest BCUT2D eigenvalue weighted by atomic mass is 10.3. The molecule has 0 bridgehead atoms. The molecule has 0 saturated carbocycles. The van der Waals surface area contributed by atoms with Crippen LogP contribution in [0, 0.1) is 3.57 Å². The molecule has 0 aliphatic carbocycles. The van der Waals surface area contributed by atoms with Crippen LogP contribution in [0.5, 0.6) is 0 Å². The summed E-state index contributed by atoms with van der Waals surface area (Å²) in [5, 5.41) is 3.20. The second-order valence-electron chi connectivity index (χ2n) is 2.83. The van der Waals surface area contributed by atoms with E-state index < -0.39 is 0 Å². The molecule has 0 atom stereocenters. The van der Waals surface area contributed by atoms with E-state index in [-0.39, 0.29) is 5.56 Å². The average molecular weight is 276 g/mol. The summed E-state index contributed by atoms with van der Waals surface area (Å²) in [4.78, 5) is 11.4. The van der Waals surface area contributed by atoms with Crippen molar-refractivity contribution >= 4 is 28.4 Å². The first kappa shape index (κ1) is 8.10. The first-order valence-electron chi connectivity index (χ1n) is 3.91. The number of anilines is 1. The molecule has 1 aromatic heterocycles. The maximum absolute atomic E-state index is 11.4. The monoisotopic (exact) mass is 276 g/mol. The van der Waals surface area contributed by atoms with Gasteiger partial charge in [-0.25, -0.2) is 0 Å². The van der Waals surface area contributed by atoms with Crippen LogP contribution in [0.15, 0.2) is 16.9 Å². The van der Waals surface area contributed by atoms with Crippen molar-refractivity contribution < 1.29 is 0 Å². The highest BCUT2D eigenvalue weighted by Gasteiger charge is 2.08. The van der Waals surface area contributed by atoms with Crippen LogP contribution in [0.4, 0.5) is 5.82 Å². The molecule has 1 aromatic rings. The first-order chi connectivity index (χ1) is 5.77. The minimum atomic E-state index is 0.101. The van der Waals surface area contributed by atoms with Crippen molar-refractivity contribution in [2.75, 3.05) is 11.9 Å². The third-order valence-corrected chi connectivity index (χ3v) is 2.58. The van der Waals surface area contributed by atoms with Crippen LogP contribution >= 0.6 is 22.6 Å². The Morgan fingerprint density at radius 3 is 3.17 bits per heavy atom. The summed E-state index contributed by atoms with van der Waals surface area (Å²) in [6.45, 7) is 1.82. The van der Waals surface area contributed by atoms with Gasteiger partial charge in [-0.3, -0.25) is 9.36 Å². The van der Waals surface area contributed by atoms with Crippen LogP contribution in [0.1, 0.15) is 6.42 Å². The number of hydrogen-bond donors (Lipinski definition) is 1. The zero-order valence-electron chi connectivity index (χ0n) is 6.51. The van der Waals surface area contributed by atoms with Crippen molar-refractivity contribution in [3.05, 3.63) is 26.1 Å². The number of rotatable bonds is 0. The van der Waals surface area contributed by atoms with Gasteiger partial charge in [0.05, 0.1) is 0 Å². The van der Waals surface area contributed by atoms with Gasteiger partial charge in [0, 0.05) is 22.7 Å². The number of hydrogen-bond acceptors (Lipinski definition) is 2. The van der Waals surface area contributed by atoms with E-state index in [1.165, 1.54) is 0 Å². The molecule has 12 heavy (non-hydrogen) atoms. The molecule has 0 saturated heterocycles. The Hall–Kier alpha value is -0.520. The van der Waals surface area contributed by atoms with Gasteiger partial charge in [0.15, 0.2) is 0 Å². The number of nitrogens with zero attached hydrogens (tertiary/aromatic N) is 1. The fraction of sp³-hybridized carbons (Fsp3) is 0.375. The molecule has 1 aliphatic rings. The van der Waals surface area contributed by atoms with Crippen LogP contribution in [0.25, 0.3) is 0 Å². The van der Waals surface area contributed by atoms with Gasteiger partial charge in [0.2, 0.25) is 0 Å². The van der Waals surface area contributed by atoms with Gasteiger partial charge in [-0.05, 0) is 35.1 Å². The first-order valence-corrected chi connectivity index (χ1v) is 4.99. The average Bonchev–Trinajstić information content (AvgIpc) is 2.04. The van der Waals surface area contributed by atoms with Crippen LogP contribution in [-0.2, 0) is 6.54 Å². The lowest BCUT2D eigenvalue weighted by Crippen LogP contribution is -2.28. The van der Waals surface area contributed by atoms with Crippen LogP contribution < -0.4 is 10.9 Å². The van der Waals surface area contributed by atoms with Gasteiger partial charge in [-0.15, -0.1) is 0 Å². The molecule has 0 radical (unpaired) electrons. The van der Waals surface area contributed by atoms with Crippen molar-refractivity contribution in [1.82, 2.24) is 4.57 Å². The van der Waals surface area contributed by atoms with Crippen molar-refractivity contribution in [2.24, 2.45) is 0 Å². The molecule has 1 N–H and O–H groups in total. The Bertz CT molecular complexity index is 359. The van der Waals surface area contributed by atoms with Crippen molar-refractivity contribution in [1.29, 1.82) is 0 Å². The van der Waals surface area contributed by atoms with Crippen LogP contribution in [0.2, 0.25) is 0 Å². The molecular weight excluding hydrogens is 267 g/mol. The highest BCUT2D eigenvalue weighted by atomic mass is 127. The van der Waals surface area contributed by atoms with E-state index in [9.17, 15) is 4.79 Å². The molecule has 0 amide bonds. The van der Waals surface area contributed by atoms with Crippen molar-refractivity contribution in [2.45, 2.75) is 13.0 Å². The quantitative estimate of drug-likeness (QED) is 0.724. The second-order valence-corrected chi connectivity index (χ2v) is 4.07. The summed E-state index contributed by atoms with van der Waals surface area (Å²) in [5.74, 6) is 0.957. The molecular formula is C8H9IN2O. The number of aromatic nitrogens is 1. The van der Waals surface area contributed by atoms with Gasteiger partial charge >= 0.3 is 0 Å². The van der Waals surface area contributed by atoms with Gasteiger partial charge in [0.1, 0.15) is 5.82 Å². The topological polar surface area (TPSA) is 34.0 Å². The fourth-order valence-electron chi connectivity index (χ4n) is 1.40. The van der Waals surface area contributed by atoms with Gasteiger partial charge in [-0.2, -0.15) is 0 Å². The van der Waals surface area contributed by atoms with E-state index in [1.807, 2.05) is 6.07 Å². The molecule has 0 fully saturated rings. The summed E-state index contributed by atoms with van der Waals surface area (Å²) in [5.41, 5.74) is 0.101. The molecule has 1 aliphatic heterocycles. The molecule has 3 nitrogen and oxygen atoms in total. The van der Waals surface area contributed by atoms with Gasteiger partial charge in [0.25, 0.3) is 5.56 Å². The standard InChI is InChI=1S/C8H9IN2O/c9-6-4-7-10-2-1-3-11(7)8(12)5-6/h4-5,10H,1-3H2. The number of pyridine rings is 1. The normalized spacial score (nSPS) is 15.1. The zero-order valence-corrected chi connectivity index (χ0v) is 8.67. The van der Waals surface area contributed by atoms with Gasteiger partial charge < -0.3 is 5.32 Å². The number of fused-ring (bicyclic) bond motifs is 1. The largest absolute Gasteiger partial charge is 0.371 e. The number of nitrogens with one attached hydrogen (secondary N) is 1. The predicted molar refractivity (Wildman–Crippen MR) is 56.5 cm³/mol. The Balaban J connectivity index is 2.60. The Morgan fingerprint density at radius 2 is 2.33 bits per heavy atom. The summed E-state index contributed by atoms with van der Waals surface area (Å²) in [7, 11) is 0. The zero-order chi connectivity index (χ0) is 8.55. The molecule has 4 heteroatoms. The van der Waals surface area contributed by atoms with Crippen LogP contribution in [0.3, 0.4) is 0 Å². The van der Waals surface area contributed by atoms with Crippen molar-refractivity contribution in [3.63, 3.8) is 0 Å². The Labute approximate surface area is 83.9 Å². The molecule has 0 unspecified atom stereocenters. The lowest BCUT2D eigenvalue weighted by molar-refractivity contribution is 0.608. The number of halogens is 1. The Kier molecular flexibility index (Phi) is 2.08. The minimum absolute atomic E-state index is 0.101. The van der Waals surface area contributed by atoms with Crippen LogP contribution in [-0.4, -0.2) is 11.1 Å². The van der Waals surface area contributed by atoms with E-state index in [0.717, 1.165) is 28.9 Å². The van der Waals surface area contributed by atoms with E-state index in [1.54, 1.807) is 10.6 Å². The van der Waals surface area contributed by atoms with E-state index >= 15 is 0 Å². The summed E-state index contributed by atoms with van der Waals surface area (Å²) < 4.78 is 2.78. The summed E-state index contributed by atoms with van der Waals surface area (Å²) in [6.07, 6.45) is 1.04. The molecule has 2 rings (SSSR count). The SMILES string of the molecule is O=c1cc(I)cc2n1CCCN2. The summed E-state index contributed by atoms with van der Waals surface area (Å²) in [6, 6.07) is 3.66. The molecule has 2 heterocycles. The third kappa shape index (κ3) is 1.35. The maximum Gasteiger partial charge on any atom is 0.253 e. The smallest absolute Gasteiger partial charge is 0.253 e. The predicted octanol–water partition coefficient (Wildman–Crippen LogP) is 1.27. The van der Waals surface area contributed by atoms with Gasteiger partial charge in [-0.1, -0.05) is 0 Å². The third-order valence-electron chi connectivity index (χ3n) is 1.96. The van der Waals surface area contributed by atoms with Crippen molar-refractivity contribution in [3.8, 4) is 0 Å².